The van der Waals surface area contributed by atoms with E-state index in [1.807, 2.05) is 18.5 Å². The SMILES string of the molecule is O=C(N1CC[C@@H](n2cnc3ccccc32)C1)C1(c2cccs2)CCCC1. The number of amides is 1. The normalized spacial score (nSPS) is 22.3. The second-order valence-corrected chi connectivity index (χ2v) is 8.55. The van der Waals surface area contributed by atoms with Crippen LogP contribution in [0.1, 0.15) is 43.0 Å². The summed E-state index contributed by atoms with van der Waals surface area (Å²) in [5, 5.41) is 2.10. The molecule has 0 unspecified atom stereocenters. The summed E-state index contributed by atoms with van der Waals surface area (Å²) in [7, 11) is 0. The third-order valence-electron chi connectivity index (χ3n) is 6.18. The monoisotopic (exact) mass is 365 g/mol. The minimum atomic E-state index is -0.264. The molecule has 5 heteroatoms. The van der Waals surface area contributed by atoms with Crippen molar-refractivity contribution in [3.63, 3.8) is 0 Å². The number of hydrogen-bond acceptors (Lipinski definition) is 3. The zero-order valence-electron chi connectivity index (χ0n) is 14.8. The van der Waals surface area contributed by atoms with Crippen molar-refractivity contribution in [1.82, 2.24) is 14.5 Å². The van der Waals surface area contributed by atoms with Gasteiger partial charge in [-0.1, -0.05) is 31.0 Å². The van der Waals surface area contributed by atoms with Crippen molar-refractivity contribution in [1.29, 1.82) is 0 Å². The summed E-state index contributed by atoms with van der Waals surface area (Å²) in [6.45, 7) is 1.65. The van der Waals surface area contributed by atoms with Gasteiger partial charge in [0.1, 0.15) is 0 Å². The molecule has 0 bridgehead atoms. The van der Waals surface area contributed by atoms with Crippen LogP contribution in [0.4, 0.5) is 0 Å². The molecular formula is C21H23N3OS. The summed E-state index contributed by atoms with van der Waals surface area (Å²) in [6, 6.07) is 12.8. The average molecular weight is 366 g/mol. The zero-order valence-corrected chi connectivity index (χ0v) is 15.6. The average Bonchev–Trinajstić information content (AvgIpc) is 3.47. The predicted molar refractivity (Wildman–Crippen MR) is 104 cm³/mol. The molecule has 3 aromatic rings. The Hall–Kier alpha value is -2.14. The summed E-state index contributed by atoms with van der Waals surface area (Å²) < 4.78 is 2.26. The highest BCUT2D eigenvalue weighted by molar-refractivity contribution is 7.10. The number of carbonyl (C=O) groups excluding carboxylic acids is 1. The molecule has 1 aromatic carbocycles. The van der Waals surface area contributed by atoms with Gasteiger partial charge >= 0.3 is 0 Å². The van der Waals surface area contributed by atoms with Gasteiger partial charge in [-0.3, -0.25) is 4.79 Å². The quantitative estimate of drug-likeness (QED) is 0.691. The van der Waals surface area contributed by atoms with Crippen molar-refractivity contribution >= 4 is 28.3 Å². The molecule has 1 atom stereocenters. The molecule has 1 aliphatic heterocycles. The second kappa shape index (κ2) is 6.23. The molecule has 0 spiro atoms. The Bertz CT molecular complexity index is 924. The van der Waals surface area contributed by atoms with Gasteiger partial charge < -0.3 is 9.47 Å². The third-order valence-corrected chi connectivity index (χ3v) is 7.26. The van der Waals surface area contributed by atoms with Crippen LogP contribution in [0.3, 0.4) is 0 Å². The minimum Gasteiger partial charge on any atom is -0.340 e. The van der Waals surface area contributed by atoms with Crippen LogP contribution < -0.4 is 0 Å². The van der Waals surface area contributed by atoms with Crippen molar-refractivity contribution in [3.8, 4) is 0 Å². The number of hydrogen-bond donors (Lipinski definition) is 0. The van der Waals surface area contributed by atoms with Crippen LogP contribution >= 0.6 is 11.3 Å². The highest BCUT2D eigenvalue weighted by Crippen LogP contribution is 2.45. The van der Waals surface area contributed by atoms with Gasteiger partial charge in [0.05, 0.1) is 28.8 Å². The van der Waals surface area contributed by atoms with E-state index >= 15 is 0 Å². The van der Waals surface area contributed by atoms with Gasteiger partial charge in [0, 0.05) is 18.0 Å². The van der Waals surface area contributed by atoms with Crippen molar-refractivity contribution in [2.45, 2.75) is 43.6 Å². The Balaban J connectivity index is 1.41. The number of thiophene rings is 1. The first-order valence-corrected chi connectivity index (χ1v) is 10.4. The van der Waals surface area contributed by atoms with Crippen LogP contribution in [-0.4, -0.2) is 33.4 Å². The highest BCUT2D eigenvalue weighted by Gasteiger charge is 2.47. The maximum absolute atomic E-state index is 13.6. The molecule has 1 amide bonds. The minimum absolute atomic E-state index is 0.264. The number of benzene rings is 1. The fourth-order valence-corrected chi connectivity index (χ4v) is 5.80. The van der Waals surface area contributed by atoms with Crippen molar-refractivity contribution in [2.24, 2.45) is 0 Å². The molecule has 1 aliphatic carbocycles. The maximum atomic E-state index is 13.6. The van der Waals surface area contributed by atoms with E-state index in [0.29, 0.717) is 11.9 Å². The van der Waals surface area contributed by atoms with E-state index < -0.39 is 0 Å². The van der Waals surface area contributed by atoms with E-state index in [9.17, 15) is 4.79 Å². The van der Waals surface area contributed by atoms with Gasteiger partial charge in [0.2, 0.25) is 5.91 Å². The molecule has 134 valence electrons. The number of aromatic nitrogens is 2. The van der Waals surface area contributed by atoms with Gasteiger partial charge in [-0.05, 0) is 42.8 Å². The van der Waals surface area contributed by atoms with Gasteiger partial charge in [-0.25, -0.2) is 4.98 Å². The lowest BCUT2D eigenvalue weighted by molar-refractivity contribution is -0.136. The van der Waals surface area contributed by atoms with Crippen LogP contribution in [-0.2, 0) is 10.2 Å². The number of fused-ring (bicyclic) bond motifs is 1. The van der Waals surface area contributed by atoms with Gasteiger partial charge in [-0.2, -0.15) is 0 Å². The van der Waals surface area contributed by atoms with Crippen molar-refractivity contribution in [2.75, 3.05) is 13.1 Å². The first kappa shape index (κ1) is 16.1. The Morgan fingerprint density at radius 3 is 2.81 bits per heavy atom. The molecule has 4 nitrogen and oxygen atoms in total. The molecule has 0 N–H and O–H groups in total. The lowest BCUT2D eigenvalue weighted by Crippen LogP contribution is -2.44. The largest absolute Gasteiger partial charge is 0.340 e. The fourth-order valence-electron chi connectivity index (χ4n) is 4.82. The van der Waals surface area contributed by atoms with Gasteiger partial charge in [0.25, 0.3) is 0 Å². The highest BCUT2D eigenvalue weighted by atomic mass is 32.1. The van der Waals surface area contributed by atoms with Crippen LogP contribution in [0.5, 0.6) is 0 Å². The first-order chi connectivity index (χ1) is 12.8. The Kier molecular flexibility index (Phi) is 3.85. The number of para-hydroxylation sites is 2. The molecule has 2 aromatic heterocycles. The first-order valence-electron chi connectivity index (χ1n) is 9.53. The molecule has 1 saturated heterocycles. The predicted octanol–water partition coefficient (Wildman–Crippen LogP) is 4.38. The molecule has 2 fully saturated rings. The van der Waals surface area contributed by atoms with Crippen LogP contribution in [0, 0.1) is 0 Å². The Labute approximate surface area is 157 Å². The molecule has 1 saturated carbocycles. The van der Waals surface area contributed by atoms with E-state index in [4.69, 9.17) is 0 Å². The van der Waals surface area contributed by atoms with Crippen molar-refractivity contribution in [3.05, 3.63) is 53.0 Å². The Morgan fingerprint density at radius 2 is 2.00 bits per heavy atom. The smallest absolute Gasteiger partial charge is 0.234 e. The Morgan fingerprint density at radius 1 is 1.15 bits per heavy atom. The number of likely N-dealkylation sites (tertiary alicyclic amines) is 1. The van der Waals surface area contributed by atoms with E-state index in [1.165, 1.54) is 10.4 Å². The topological polar surface area (TPSA) is 38.1 Å². The number of imidazole rings is 1. The molecule has 2 aliphatic rings. The number of nitrogens with zero attached hydrogens (tertiary/aromatic N) is 3. The lowest BCUT2D eigenvalue weighted by Gasteiger charge is -2.31. The van der Waals surface area contributed by atoms with Crippen molar-refractivity contribution < 1.29 is 4.79 Å². The number of carbonyl (C=O) groups is 1. The summed E-state index contributed by atoms with van der Waals surface area (Å²) in [5.41, 5.74) is 1.93. The maximum Gasteiger partial charge on any atom is 0.234 e. The summed E-state index contributed by atoms with van der Waals surface area (Å²) in [4.78, 5) is 21.5. The molecule has 0 radical (unpaired) electrons. The van der Waals surface area contributed by atoms with Crippen LogP contribution in [0.2, 0.25) is 0 Å². The molecule has 26 heavy (non-hydrogen) atoms. The summed E-state index contributed by atoms with van der Waals surface area (Å²) >= 11 is 1.74. The van der Waals surface area contributed by atoms with E-state index in [1.54, 1.807) is 11.3 Å². The molecule has 5 rings (SSSR count). The summed E-state index contributed by atoms with van der Waals surface area (Å²) in [6.07, 6.45) is 7.27. The molecular weight excluding hydrogens is 342 g/mol. The van der Waals surface area contributed by atoms with E-state index in [0.717, 1.165) is 50.7 Å². The molecule has 3 heterocycles. The standard InChI is InChI=1S/C21H23N3OS/c25-20(21(10-3-4-11-21)19-8-5-13-26-19)23-12-9-16(14-23)24-15-22-17-6-1-2-7-18(17)24/h1-2,5-8,13,15-16H,3-4,9-12,14H2/t16-/m1/s1. The van der Waals surface area contributed by atoms with E-state index in [-0.39, 0.29) is 5.41 Å². The second-order valence-electron chi connectivity index (χ2n) is 7.60. The van der Waals surface area contributed by atoms with Gasteiger partial charge in [-0.15, -0.1) is 11.3 Å². The third kappa shape index (κ3) is 2.41. The number of rotatable bonds is 3. The lowest BCUT2D eigenvalue weighted by atomic mass is 9.83. The van der Waals surface area contributed by atoms with Crippen LogP contribution in [0.25, 0.3) is 11.0 Å². The zero-order chi connectivity index (χ0) is 17.6. The fraction of sp³-hybridized carbons (Fsp3) is 0.429. The van der Waals surface area contributed by atoms with E-state index in [2.05, 4.69) is 44.1 Å². The van der Waals surface area contributed by atoms with Gasteiger partial charge in [0.15, 0.2) is 0 Å². The summed E-state index contributed by atoms with van der Waals surface area (Å²) in [5.74, 6) is 0.351. The van der Waals surface area contributed by atoms with Crippen LogP contribution in [0.15, 0.2) is 48.1 Å².